The molecule has 0 radical (unpaired) electrons. The largest absolute Gasteiger partial charge is 0.508 e. The first-order chi connectivity index (χ1) is 12.2. The molecule has 0 fully saturated rings. The molecule has 2 aromatic rings. The second-order valence-corrected chi connectivity index (χ2v) is 7.49. The summed E-state index contributed by atoms with van der Waals surface area (Å²) in [4.78, 5) is 23.0. The number of phenolic OH excluding ortho intramolecular Hbond substituents is 1. The van der Waals surface area contributed by atoms with Gasteiger partial charge in [0, 0.05) is 18.3 Å². The van der Waals surface area contributed by atoms with Crippen molar-refractivity contribution in [3.63, 3.8) is 0 Å². The van der Waals surface area contributed by atoms with Crippen molar-refractivity contribution < 1.29 is 19.4 Å². The fourth-order valence-electron chi connectivity index (χ4n) is 2.21. The lowest BCUT2D eigenvalue weighted by Crippen LogP contribution is -2.32. The molecule has 0 aliphatic carbocycles. The van der Waals surface area contributed by atoms with Gasteiger partial charge in [-0.15, -0.1) is 0 Å². The molecule has 2 amide bonds. The van der Waals surface area contributed by atoms with Gasteiger partial charge in [0.05, 0.1) is 8.95 Å². The molecule has 0 saturated carbocycles. The number of carbonyl (C=O) groups is 2. The minimum Gasteiger partial charge on any atom is -0.508 e. The molecule has 0 aliphatic heterocycles. The Kier molecular flexibility index (Phi) is 6.66. The summed E-state index contributed by atoms with van der Waals surface area (Å²) < 4.78 is 7.08. The van der Waals surface area contributed by atoms with E-state index < -0.39 is 11.8 Å². The number of likely N-dealkylation sites (N-methyl/N-ethyl adjacent to an activating group) is 1. The van der Waals surface area contributed by atoms with Crippen LogP contribution in [0.5, 0.6) is 17.2 Å². The second kappa shape index (κ2) is 8.55. The van der Waals surface area contributed by atoms with E-state index in [0.717, 1.165) is 5.56 Å². The zero-order valence-electron chi connectivity index (χ0n) is 14.4. The smallest absolute Gasteiger partial charge is 0.313 e. The molecule has 0 spiro atoms. The SMILES string of the molecule is CNC(=O)C(=O)Nc1cc(Br)c(Oc2ccc(O)c(C(C)C)c2)c(Br)c1. The number of nitrogens with one attached hydrogen (secondary N) is 2. The number of hydrogen-bond donors (Lipinski definition) is 3. The molecule has 138 valence electrons. The maximum Gasteiger partial charge on any atom is 0.313 e. The van der Waals surface area contributed by atoms with Gasteiger partial charge in [0.2, 0.25) is 0 Å². The van der Waals surface area contributed by atoms with Gasteiger partial charge >= 0.3 is 11.8 Å². The van der Waals surface area contributed by atoms with Gasteiger partial charge in [0.15, 0.2) is 5.75 Å². The van der Waals surface area contributed by atoms with Crippen molar-refractivity contribution in [2.24, 2.45) is 0 Å². The van der Waals surface area contributed by atoms with Crippen LogP contribution in [0.15, 0.2) is 39.3 Å². The molecule has 26 heavy (non-hydrogen) atoms. The number of rotatable bonds is 4. The lowest BCUT2D eigenvalue weighted by atomic mass is 10.0. The number of halogens is 2. The molecular weight excluding hydrogens is 468 g/mol. The monoisotopic (exact) mass is 484 g/mol. The molecule has 0 aromatic heterocycles. The van der Waals surface area contributed by atoms with Gasteiger partial charge in [-0.3, -0.25) is 9.59 Å². The van der Waals surface area contributed by atoms with Gasteiger partial charge in [-0.2, -0.15) is 0 Å². The average molecular weight is 486 g/mol. The van der Waals surface area contributed by atoms with E-state index in [9.17, 15) is 14.7 Å². The van der Waals surface area contributed by atoms with Crippen LogP contribution in [-0.2, 0) is 9.59 Å². The summed E-state index contributed by atoms with van der Waals surface area (Å²) in [5, 5.41) is 14.7. The maximum absolute atomic E-state index is 11.7. The number of aromatic hydroxyl groups is 1. The van der Waals surface area contributed by atoms with E-state index in [-0.39, 0.29) is 11.7 Å². The number of anilines is 1. The molecule has 0 heterocycles. The molecule has 3 N–H and O–H groups in total. The number of phenols is 1. The van der Waals surface area contributed by atoms with E-state index in [4.69, 9.17) is 4.74 Å². The Morgan fingerprint density at radius 2 is 1.69 bits per heavy atom. The average Bonchev–Trinajstić information content (AvgIpc) is 2.58. The van der Waals surface area contributed by atoms with E-state index >= 15 is 0 Å². The Morgan fingerprint density at radius 3 is 2.23 bits per heavy atom. The van der Waals surface area contributed by atoms with Crippen LogP contribution in [0.4, 0.5) is 5.69 Å². The summed E-state index contributed by atoms with van der Waals surface area (Å²) in [6, 6.07) is 8.29. The fraction of sp³-hybridized carbons (Fsp3) is 0.222. The maximum atomic E-state index is 11.7. The van der Waals surface area contributed by atoms with Gasteiger partial charge in [0.25, 0.3) is 0 Å². The van der Waals surface area contributed by atoms with E-state index in [0.29, 0.717) is 26.1 Å². The summed E-state index contributed by atoms with van der Waals surface area (Å²) in [6.45, 7) is 3.96. The van der Waals surface area contributed by atoms with Crippen LogP contribution in [0.3, 0.4) is 0 Å². The lowest BCUT2D eigenvalue weighted by Gasteiger charge is -2.15. The summed E-state index contributed by atoms with van der Waals surface area (Å²) in [7, 11) is 1.38. The normalized spacial score (nSPS) is 10.5. The van der Waals surface area contributed by atoms with Gasteiger partial charge in [-0.1, -0.05) is 13.8 Å². The van der Waals surface area contributed by atoms with E-state index in [1.54, 1.807) is 30.3 Å². The Bertz CT molecular complexity index is 830. The summed E-state index contributed by atoms with van der Waals surface area (Å²) >= 11 is 6.81. The molecule has 0 bridgehead atoms. The zero-order valence-corrected chi connectivity index (χ0v) is 17.6. The Balaban J connectivity index is 2.27. The summed E-state index contributed by atoms with van der Waals surface area (Å²) in [6.07, 6.45) is 0. The second-order valence-electron chi connectivity index (χ2n) is 5.78. The molecule has 6 nitrogen and oxygen atoms in total. The van der Waals surface area contributed by atoms with E-state index in [1.165, 1.54) is 7.05 Å². The first kappa shape index (κ1) is 20.3. The summed E-state index contributed by atoms with van der Waals surface area (Å²) in [5.41, 5.74) is 1.21. The van der Waals surface area contributed by atoms with Crippen LogP contribution < -0.4 is 15.4 Å². The minimum absolute atomic E-state index is 0.146. The van der Waals surface area contributed by atoms with Gasteiger partial charge in [0.1, 0.15) is 11.5 Å². The highest BCUT2D eigenvalue weighted by atomic mass is 79.9. The van der Waals surface area contributed by atoms with Gasteiger partial charge in [-0.05, 0) is 68.1 Å². The third-order valence-corrected chi connectivity index (χ3v) is 4.71. The number of amides is 2. The molecule has 8 heteroatoms. The first-order valence-corrected chi connectivity index (χ1v) is 9.34. The molecule has 0 unspecified atom stereocenters. The predicted molar refractivity (Wildman–Crippen MR) is 107 cm³/mol. The first-order valence-electron chi connectivity index (χ1n) is 7.75. The van der Waals surface area contributed by atoms with Crippen LogP contribution in [0.1, 0.15) is 25.3 Å². The van der Waals surface area contributed by atoms with Crippen LogP contribution in [0.25, 0.3) is 0 Å². The van der Waals surface area contributed by atoms with Crippen molar-refractivity contribution in [2.75, 3.05) is 12.4 Å². The van der Waals surface area contributed by atoms with Crippen LogP contribution in [0.2, 0.25) is 0 Å². The molecule has 0 saturated heterocycles. The van der Waals surface area contributed by atoms with Crippen molar-refractivity contribution >= 4 is 49.4 Å². The highest BCUT2D eigenvalue weighted by molar-refractivity contribution is 9.11. The van der Waals surface area contributed by atoms with Crippen molar-refractivity contribution in [1.29, 1.82) is 0 Å². The topological polar surface area (TPSA) is 87.7 Å². The zero-order chi connectivity index (χ0) is 19.4. The van der Waals surface area contributed by atoms with Crippen molar-refractivity contribution in [3.05, 3.63) is 44.8 Å². The predicted octanol–water partition coefficient (Wildman–Crippen LogP) is 4.52. The van der Waals surface area contributed by atoms with Crippen LogP contribution in [-0.4, -0.2) is 24.0 Å². The standard InChI is InChI=1S/C18H18Br2N2O4/c1-9(2)12-8-11(4-5-15(12)23)26-16-13(19)6-10(7-14(16)20)22-18(25)17(24)21-3/h4-9,23H,1-3H3,(H,21,24)(H,22,25). The van der Waals surface area contributed by atoms with Crippen molar-refractivity contribution in [2.45, 2.75) is 19.8 Å². The van der Waals surface area contributed by atoms with Crippen molar-refractivity contribution in [1.82, 2.24) is 5.32 Å². The fourth-order valence-corrected chi connectivity index (χ4v) is 3.56. The number of ether oxygens (including phenoxy) is 1. The number of carbonyl (C=O) groups excluding carboxylic acids is 2. The van der Waals surface area contributed by atoms with Gasteiger partial charge < -0.3 is 20.5 Å². The molecule has 2 aromatic carbocycles. The summed E-state index contributed by atoms with van der Waals surface area (Å²) in [5.74, 6) is -0.0631. The Labute approximate surface area is 168 Å². The third kappa shape index (κ3) is 4.76. The highest BCUT2D eigenvalue weighted by Gasteiger charge is 2.16. The van der Waals surface area contributed by atoms with Crippen molar-refractivity contribution in [3.8, 4) is 17.2 Å². The quantitative estimate of drug-likeness (QED) is 0.555. The van der Waals surface area contributed by atoms with E-state index in [2.05, 4.69) is 42.5 Å². The highest BCUT2D eigenvalue weighted by Crippen LogP contribution is 2.40. The molecular formula is C18H18Br2N2O4. The lowest BCUT2D eigenvalue weighted by molar-refractivity contribution is -0.135. The van der Waals surface area contributed by atoms with Crippen LogP contribution >= 0.6 is 31.9 Å². The number of benzene rings is 2. The van der Waals surface area contributed by atoms with Gasteiger partial charge in [-0.25, -0.2) is 0 Å². The number of hydrogen-bond acceptors (Lipinski definition) is 4. The third-order valence-electron chi connectivity index (χ3n) is 3.53. The molecule has 0 aliphatic rings. The van der Waals surface area contributed by atoms with Crippen LogP contribution in [0, 0.1) is 0 Å². The van der Waals surface area contributed by atoms with E-state index in [1.807, 2.05) is 13.8 Å². The Hall–Kier alpha value is -2.06. The molecule has 0 atom stereocenters. The Morgan fingerprint density at radius 1 is 1.08 bits per heavy atom. The minimum atomic E-state index is -0.764. The molecule has 2 rings (SSSR count).